The van der Waals surface area contributed by atoms with Crippen LogP contribution in [-0.4, -0.2) is 48.2 Å². The lowest BCUT2D eigenvalue weighted by atomic mass is 10.1. The second-order valence-corrected chi connectivity index (χ2v) is 4.61. The van der Waals surface area contributed by atoms with Gasteiger partial charge in [0.05, 0.1) is 6.54 Å². The Kier molecular flexibility index (Phi) is 3.85. The summed E-state index contributed by atoms with van der Waals surface area (Å²) >= 11 is 0. The smallest absolute Gasteiger partial charge is 0.318 e. The Labute approximate surface area is 117 Å². The second-order valence-electron chi connectivity index (χ2n) is 4.61. The fourth-order valence-electron chi connectivity index (χ4n) is 1.94. The molecular formula is C15H14N2O3. The fourth-order valence-corrected chi connectivity index (χ4v) is 1.94. The summed E-state index contributed by atoms with van der Waals surface area (Å²) in [6, 6.07) is 4.87. The number of aryl methyl sites for hydroxylation is 1. The first kappa shape index (κ1) is 13.8. The van der Waals surface area contributed by atoms with Crippen LogP contribution in [0.3, 0.4) is 0 Å². The van der Waals surface area contributed by atoms with Gasteiger partial charge in [-0.1, -0.05) is 17.9 Å². The third-order valence-corrected chi connectivity index (χ3v) is 3.08. The molecule has 0 bridgehead atoms. The van der Waals surface area contributed by atoms with Gasteiger partial charge in [-0.2, -0.15) is 0 Å². The number of aldehydes is 1. The monoisotopic (exact) mass is 270 g/mol. The molecule has 0 saturated carbocycles. The van der Waals surface area contributed by atoms with Gasteiger partial charge in [-0.05, 0) is 24.6 Å². The summed E-state index contributed by atoms with van der Waals surface area (Å²) in [4.78, 5) is 36.3. The molecular weight excluding hydrogens is 256 g/mol. The van der Waals surface area contributed by atoms with Gasteiger partial charge in [0.1, 0.15) is 12.8 Å². The van der Waals surface area contributed by atoms with E-state index in [1.165, 1.54) is 4.90 Å². The van der Waals surface area contributed by atoms with Crippen molar-refractivity contribution in [2.24, 2.45) is 0 Å². The molecule has 1 aliphatic heterocycles. The molecule has 1 aliphatic rings. The van der Waals surface area contributed by atoms with Gasteiger partial charge in [0, 0.05) is 18.2 Å². The van der Waals surface area contributed by atoms with Gasteiger partial charge in [-0.3, -0.25) is 14.5 Å². The largest absolute Gasteiger partial charge is 0.327 e. The molecule has 2 rings (SSSR count). The summed E-state index contributed by atoms with van der Waals surface area (Å²) in [5, 5.41) is 0. The fraction of sp³-hybridized carbons (Fsp3) is 0.267. The van der Waals surface area contributed by atoms with E-state index >= 15 is 0 Å². The third kappa shape index (κ3) is 2.69. The van der Waals surface area contributed by atoms with Gasteiger partial charge in [-0.25, -0.2) is 4.79 Å². The normalized spacial score (nSPS) is 14.3. The number of nitrogens with zero attached hydrogens (tertiary/aromatic N) is 2. The summed E-state index contributed by atoms with van der Waals surface area (Å²) in [6.45, 7) is 2.04. The Balaban J connectivity index is 2.10. The van der Waals surface area contributed by atoms with Gasteiger partial charge in [0.2, 0.25) is 0 Å². The highest BCUT2D eigenvalue weighted by atomic mass is 16.2. The summed E-state index contributed by atoms with van der Waals surface area (Å²) in [5.41, 5.74) is 2.26. The van der Waals surface area contributed by atoms with Crippen molar-refractivity contribution >= 4 is 18.2 Å². The number of carbonyl (C=O) groups is 3. The molecule has 0 aliphatic carbocycles. The van der Waals surface area contributed by atoms with Crippen molar-refractivity contribution in [3.05, 3.63) is 34.9 Å². The highest BCUT2D eigenvalue weighted by Crippen LogP contribution is 2.09. The maximum absolute atomic E-state index is 11.6. The molecule has 5 nitrogen and oxygen atoms in total. The van der Waals surface area contributed by atoms with Crippen LogP contribution in [0.25, 0.3) is 0 Å². The standard InChI is InChI=1S/C15H14N2O3/c1-11-8-12(10-18)5-6-13(11)4-3-7-17-14(19)9-16(2)15(17)20/h5-6,8,10H,7,9H2,1-2H3. The first-order valence-corrected chi connectivity index (χ1v) is 6.13. The maximum atomic E-state index is 11.6. The zero-order chi connectivity index (χ0) is 14.7. The number of carbonyl (C=O) groups excluding carboxylic acids is 3. The van der Waals surface area contributed by atoms with Crippen LogP contribution >= 0.6 is 0 Å². The number of hydrogen-bond acceptors (Lipinski definition) is 3. The topological polar surface area (TPSA) is 57.7 Å². The first-order valence-electron chi connectivity index (χ1n) is 6.13. The van der Waals surface area contributed by atoms with Crippen molar-refractivity contribution in [2.45, 2.75) is 6.92 Å². The van der Waals surface area contributed by atoms with Gasteiger partial charge in [0.15, 0.2) is 0 Å². The van der Waals surface area contributed by atoms with Crippen molar-refractivity contribution < 1.29 is 14.4 Å². The molecule has 1 aromatic rings. The van der Waals surface area contributed by atoms with E-state index in [2.05, 4.69) is 11.8 Å². The predicted molar refractivity (Wildman–Crippen MR) is 73.2 cm³/mol. The highest BCUT2D eigenvalue weighted by Gasteiger charge is 2.32. The quantitative estimate of drug-likeness (QED) is 0.458. The molecule has 1 aromatic carbocycles. The summed E-state index contributed by atoms with van der Waals surface area (Å²) in [7, 11) is 1.58. The van der Waals surface area contributed by atoms with Gasteiger partial charge >= 0.3 is 6.03 Å². The average Bonchev–Trinajstić information content (AvgIpc) is 2.66. The highest BCUT2D eigenvalue weighted by molar-refractivity contribution is 6.02. The van der Waals surface area contributed by atoms with Gasteiger partial charge < -0.3 is 4.90 Å². The molecule has 0 spiro atoms. The van der Waals surface area contributed by atoms with Crippen molar-refractivity contribution in [1.82, 2.24) is 9.80 Å². The predicted octanol–water partition coefficient (Wildman–Crippen LogP) is 1.05. The second kappa shape index (κ2) is 5.57. The average molecular weight is 270 g/mol. The Hall–Kier alpha value is -2.61. The zero-order valence-corrected chi connectivity index (χ0v) is 11.3. The lowest BCUT2D eigenvalue weighted by Gasteiger charge is -2.09. The van der Waals surface area contributed by atoms with Gasteiger partial charge in [0.25, 0.3) is 5.91 Å². The van der Waals surface area contributed by atoms with E-state index in [0.717, 1.165) is 22.3 Å². The van der Waals surface area contributed by atoms with Crippen molar-refractivity contribution in [3.63, 3.8) is 0 Å². The number of benzene rings is 1. The minimum atomic E-state index is -0.322. The Morgan fingerprint density at radius 3 is 2.65 bits per heavy atom. The molecule has 3 amide bonds. The maximum Gasteiger partial charge on any atom is 0.327 e. The number of likely N-dealkylation sites (N-methyl/N-ethyl adjacent to an activating group) is 1. The van der Waals surface area contributed by atoms with E-state index in [1.807, 2.05) is 6.92 Å². The van der Waals surface area contributed by atoms with Crippen molar-refractivity contribution in [1.29, 1.82) is 0 Å². The van der Waals surface area contributed by atoms with Gasteiger partial charge in [-0.15, -0.1) is 0 Å². The summed E-state index contributed by atoms with van der Waals surface area (Å²) in [6.07, 6.45) is 0.779. The van der Waals surface area contributed by atoms with Crippen molar-refractivity contribution in [2.75, 3.05) is 20.1 Å². The molecule has 0 radical (unpaired) electrons. The van der Waals surface area contributed by atoms with E-state index < -0.39 is 0 Å². The number of urea groups is 1. The minimum absolute atomic E-state index is 0.0802. The number of hydrogen-bond donors (Lipinski definition) is 0. The Morgan fingerprint density at radius 2 is 2.10 bits per heavy atom. The zero-order valence-electron chi connectivity index (χ0n) is 11.3. The molecule has 102 valence electrons. The van der Waals surface area contributed by atoms with E-state index in [-0.39, 0.29) is 25.0 Å². The van der Waals surface area contributed by atoms with Crippen LogP contribution in [-0.2, 0) is 4.79 Å². The summed E-state index contributed by atoms with van der Waals surface area (Å²) < 4.78 is 0. The molecule has 1 saturated heterocycles. The first-order chi connectivity index (χ1) is 9.52. The summed E-state index contributed by atoms with van der Waals surface area (Å²) in [5.74, 6) is 5.50. The number of rotatable bonds is 2. The molecule has 1 heterocycles. The molecule has 20 heavy (non-hydrogen) atoms. The van der Waals surface area contributed by atoms with Crippen LogP contribution in [0.5, 0.6) is 0 Å². The van der Waals surface area contributed by atoms with E-state index in [0.29, 0.717) is 5.56 Å². The van der Waals surface area contributed by atoms with E-state index in [1.54, 1.807) is 25.2 Å². The Bertz CT molecular complexity index is 640. The molecule has 5 heteroatoms. The third-order valence-electron chi connectivity index (χ3n) is 3.08. The van der Waals surface area contributed by atoms with Crippen LogP contribution < -0.4 is 0 Å². The minimum Gasteiger partial charge on any atom is -0.318 e. The molecule has 0 unspecified atom stereocenters. The van der Waals surface area contributed by atoms with Crippen LogP contribution in [0.15, 0.2) is 18.2 Å². The molecule has 1 fully saturated rings. The number of imide groups is 1. The molecule has 0 aromatic heterocycles. The van der Waals surface area contributed by atoms with E-state index in [4.69, 9.17) is 0 Å². The number of amides is 3. The Morgan fingerprint density at radius 1 is 1.35 bits per heavy atom. The molecule has 0 N–H and O–H groups in total. The van der Waals surface area contributed by atoms with Crippen LogP contribution in [0.4, 0.5) is 4.79 Å². The van der Waals surface area contributed by atoms with Crippen molar-refractivity contribution in [3.8, 4) is 11.8 Å². The van der Waals surface area contributed by atoms with Crippen LogP contribution in [0.2, 0.25) is 0 Å². The lowest BCUT2D eigenvalue weighted by molar-refractivity contribution is -0.124. The van der Waals surface area contributed by atoms with Crippen LogP contribution in [0.1, 0.15) is 21.5 Å². The lowest BCUT2D eigenvalue weighted by Crippen LogP contribution is -2.31. The molecule has 0 atom stereocenters. The van der Waals surface area contributed by atoms with Crippen LogP contribution in [0, 0.1) is 18.8 Å². The SMILES string of the molecule is Cc1cc(C=O)ccc1C#CCN1C(=O)CN(C)C1=O. The van der Waals surface area contributed by atoms with E-state index in [9.17, 15) is 14.4 Å².